The third-order valence-electron chi connectivity index (χ3n) is 2.88. The zero-order valence-electron chi connectivity index (χ0n) is 8.56. The Kier molecular flexibility index (Phi) is 2.02. The first-order chi connectivity index (χ1) is 7.43. The fourth-order valence-corrected chi connectivity index (χ4v) is 2.07. The molecule has 2 aromatic heterocycles. The molecule has 1 saturated heterocycles. The number of fused-ring (bicyclic) bond motifs is 1. The SMILES string of the molecule is c1cnc2nc(N3CCCC3)ccc2c1. The summed E-state index contributed by atoms with van der Waals surface area (Å²) in [5.41, 5.74) is 0.849. The van der Waals surface area contributed by atoms with Crippen LogP contribution in [0.2, 0.25) is 0 Å². The molecule has 0 bridgehead atoms. The molecule has 3 rings (SSSR count). The molecule has 76 valence electrons. The van der Waals surface area contributed by atoms with E-state index in [-0.39, 0.29) is 0 Å². The summed E-state index contributed by atoms with van der Waals surface area (Å²) >= 11 is 0. The monoisotopic (exact) mass is 199 g/mol. The first-order valence-electron chi connectivity index (χ1n) is 5.40. The van der Waals surface area contributed by atoms with Crippen LogP contribution in [0.25, 0.3) is 11.0 Å². The van der Waals surface area contributed by atoms with Gasteiger partial charge in [-0.2, -0.15) is 0 Å². The molecule has 1 fully saturated rings. The lowest BCUT2D eigenvalue weighted by Crippen LogP contribution is -2.18. The maximum absolute atomic E-state index is 4.57. The van der Waals surface area contributed by atoms with Crippen molar-refractivity contribution in [1.29, 1.82) is 0 Å². The summed E-state index contributed by atoms with van der Waals surface area (Å²) in [6, 6.07) is 8.18. The van der Waals surface area contributed by atoms with Crippen LogP contribution in [0.4, 0.5) is 5.82 Å². The Labute approximate surface area is 88.8 Å². The summed E-state index contributed by atoms with van der Waals surface area (Å²) in [5, 5.41) is 1.11. The highest BCUT2D eigenvalue weighted by Crippen LogP contribution is 2.20. The van der Waals surface area contributed by atoms with Crippen LogP contribution in [-0.4, -0.2) is 23.1 Å². The van der Waals surface area contributed by atoms with Gasteiger partial charge in [-0.15, -0.1) is 0 Å². The number of aromatic nitrogens is 2. The third-order valence-corrected chi connectivity index (χ3v) is 2.88. The van der Waals surface area contributed by atoms with Crippen molar-refractivity contribution >= 4 is 16.9 Å². The minimum Gasteiger partial charge on any atom is -0.357 e. The van der Waals surface area contributed by atoms with Gasteiger partial charge in [0.1, 0.15) is 5.82 Å². The largest absolute Gasteiger partial charge is 0.357 e. The van der Waals surface area contributed by atoms with E-state index in [2.05, 4.69) is 27.0 Å². The van der Waals surface area contributed by atoms with E-state index in [9.17, 15) is 0 Å². The number of hydrogen-bond donors (Lipinski definition) is 0. The molecule has 3 nitrogen and oxygen atoms in total. The Morgan fingerprint density at radius 3 is 2.80 bits per heavy atom. The van der Waals surface area contributed by atoms with Gasteiger partial charge >= 0.3 is 0 Å². The first kappa shape index (κ1) is 8.65. The van der Waals surface area contributed by atoms with Crippen LogP contribution in [0.15, 0.2) is 30.5 Å². The maximum atomic E-state index is 4.57. The molecule has 1 aliphatic rings. The zero-order valence-corrected chi connectivity index (χ0v) is 8.56. The van der Waals surface area contributed by atoms with Gasteiger partial charge in [0.05, 0.1) is 0 Å². The number of pyridine rings is 2. The van der Waals surface area contributed by atoms with Gasteiger partial charge in [-0.05, 0) is 37.1 Å². The van der Waals surface area contributed by atoms with Crippen LogP contribution >= 0.6 is 0 Å². The molecule has 0 spiro atoms. The lowest BCUT2D eigenvalue weighted by atomic mass is 10.3. The molecule has 0 unspecified atom stereocenters. The highest BCUT2D eigenvalue weighted by molar-refractivity contribution is 5.76. The zero-order chi connectivity index (χ0) is 10.1. The number of anilines is 1. The molecule has 1 aliphatic heterocycles. The van der Waals surface area contributed by atoms with E-state index in [1.165, 1.54) is 12.8 Å². The molecule has 0 aliphatic carbocycles. The molecule has 0 aromatic carbocycles. The fourth-order valence-electron chi connectivity index (χ4n) is 2.07. The van der Waals surface area contributed by atoms with Gasteiger partial charge in [0.15, 0.2) is 5.65 Å². The molecule has 0 N–H and O–H groups in total. The van der Waals surface area contributed by atoms with Gasteiger partial charge in [-0.25, -0.2) is 9.97 Å². The summed E-state index contributed by atoms with van der Waals surface area (Å²) in [6.45, 7) is 2.26. The van der Waals surface area contributed by atoms with Crippen LogP contribution in [0.5, 0.6) is 0 Å². The highest BCUT2D eigenvalue weighted by Gasteiger charge is 2.13. The van der Waals surface area contributed by atoms with Gasteiger partial charge < -0.3 is 4.90 Å². The van der Waals surface area contributed by atoms with Crippen molar-refractivity contribution in [1.82, 2.24) is 9.97 Å². The predicted octanol–water partition coefficient (Wildman–Crippen LogP) is 2.23. The van der Waals surface area contributed by atoms with E-state index in [4.69, 9.17) is 0 Å². The molecule has 0 atom stereocenters. The van der Waals surface area contributed by atoms with E-state index in [0.29, 0.717) is 0 Å². The molecule has 3 heterocycles. The molecule has 0 radical (unpaired) electrons. The lowest BCUT2D eigenvalue weighted by Gasteiger charge is -2.15. The Hall–Kier alpha value is -1.64. The summed E-state index contributed by atoms with van der Waals surface area (Å²) in [6.07, 6.45) is 4.35. The molecule has 0 amide bonds. The van der Waals surface area contributed by atoms with Gasteiger partial charge in [0.2, 0.25) is 0 Å². The third kappa shape index (κ3) is 1.54. The minimum atomic E-state index is 0.849. The van der Waals surface area contributed by atoms with Crippen LogP contribution in [0, 0.1) is 0 Å². The average molecular weight is 199 g/mol. The van der Waals surface area contributed by atoms with Crippen molar-refractivity contribution in [2.45, 2.75) is 12.8 Å². The second kappa shape index (κ2) is 3.50. The topological polar surface area (TPSA) is 29.0 Å². The summed E-state index contributed by atoms with van der Waals surface area (Å²) in [4.78, 5) is 11.2. The number of hydrogen-bond acceptors (Lipinski definition) is 3. The van der Waals surface area contributed by atoms with Crippen LogP contribution in [0.3, 0.4) is 0 Å². The molecular weight excluding hydrogens is 186 g/mol. The summed E-state index contributed by atoms with van der Waals surface area (Å²) in [5.74, 6) is 1.07. The van der Waals surface area contributed by atoms with E-state index in [0.717, 1.165) is 29.9 Å². The van der Waals surface area contributed by atoms with Crippen LogP contribution in [0.1, 0.15) is 12.8 Å². The standard InChI is InChI=1S/C12H13N3/c1-2-9-15(8-1)11-6-5-10-4-3-7-13-12(10)14-11/h3-7H,1-2,8-9H2. The molecular formula is C12H13N3. The summed E-state index contributed by atoms with van der Waals surface area (Å²) < 4.78 is 0. The van der Waals surface area contributed by atoms with Crippen molar-refractivity contribution < 1.29 is 0 Å². The van der Waals surface area contributed by atoms with Gasteiger partial charge in [-0.1, -0.05) is 0 Å². The van der Waals surface area contributed by atoms with E-state index < -0.39 is 0 Å². The quantitative estimate of drug-likeness (QED) is 0.705. The maximum Gasteiger partial charge on any atom is 0.161 e. The fraction of sp³-hybridized carbons (Fsp3) is 0.333. The van der Waals surface area contributed by atoms with Crippen molar-refractivity contribution in [3.05, 3.63) is 30.5 Å². The van der Waals surface area contributed by atoms with Gasteiger partial charge in [-0.3, -0.25) is 0 Å². The molecule has 15 heavy (non-hydrogen) atoms. The molecule has 3 heteroatoms. The first-order valence-corrected chi connectivity index (χ1v) is 5.40. The highest BCUT2D eigenvalue weighted by atomic mass is 15.2. The normalized spacial score (nSPS) is 16.1. The van der Waals surface area contributed by atoms with E-state index in [1.54, 1.807) is 6.20 Å². The van der Waals surface area contributed by atoms with Crippen LogP contribution in [-0.2, 0) is 0 Å². The molecule has 0 saturated carbocycles. The number of rotatable bonds is 1. The second-order valence-electron chi connectivity index (χ2n) is 3.91. The molecule has 2 aromatic rings. The number of nitrogens with zero attached hydrogens (tertiary/aromatic N) is 3. The summed E-state index contributed by atoms with van der Waals surface area (Å²) in [7, 11) is 0. The van der Waals surface area contributed by atoms with Gasteiger partial charge in [0.25, 0.3) is 0 Å². The van der Waals surface area contributed by atoms with Gasteiger partial charge in [0, 0.05) is 24.7 Å². The minimum absolute atomic E-state index is 0.849. The van der Waals surface area contributed by atoms with E-state index >= 15 is 0 Å². The van der Waals surface area contributed by atoms with Crippen LogP contribution < -0.4 is 4.90 Å². The van der Waals surface area contributed by atoms with Crippen molar-refractivity contribution in [3.8, 4) is 0 Å². The Morgan fingerprint density at radius 2 is 1.93 bits per heavy atom. The second-order valence-corrected chi connectivity index (χ2v) is 3.91. The Morgan fingerprint density at radius 1 is 1.07 bits per heavy atom. The Balaban J connectivity index is 2.05. The van der Waals surface area contributed by atoms with Crippen molar-refractivity contribution in [2.75, 3.05) is 18.0 Å². The average Bonchev–Trinajstić information content (AvgIpc) is 2.82. The Bertz CT molecular complexity index is 475. The lowest BCUT2D eigenvalue weighted by molar-refractivity contribution is 0.941. The van der Waals surface area contributed by atoms with E-state index in [1.807, 2.05) is 12.1 Å². The smallest absolute Gasteiger partial charge is 0.161 e. The predicted molar refractivity (Wildman–Crippen MR) is 61.0 cm³/mol. The van der Waals surface area contributed by atoms with Crippen molar-refractivity contribution in [3.63, 3.8) is 0 Å². The van der Waals surface area contributed by atoms with Crippen molar-refractivity contribution in [2.24, 2.45) is 0 Å².